The first-order valence-electron chi connectivity index (χ1n) is 9.24. The van der Waals surface area contributed by atoms with E-state index >= 15 is 0 Å². The minimum Gasteiger partial charge on any atom is -0.494 e. The Hall–Kier alpha value is -3.33. The average Bonchev–Trinajstić information content (AvgIpc) is 2.71. The Morgan fingerprint density at radius 1 is 1.13 bits per heavy atom. The molecule has 2 aromatic carbocycles. The zero-order valence-corrected chi connectivity index (χ0v) is 17.7. The van der Waals surface area contributed by atoms with Gasteiger partial charge in [-0.3, -0.25) is 13.9 Å². The lowest BCUT2D eigenvalue weighted by atomic mass is 10.1. The van der Waals surface area contributed by atoms with Gasteiger partial charge in [-0.25, -0.2) is 8.42 Å². The van der Waals surface area contributed by atoms with E-state index in [2.05, 4.69) is 17.2 Å². The van der Waals surface area contributed by atoms with Crippen LogP contribution in [0.1, 0.15) is 17.3 Å². The van der Waals surface area contributed by atoms with Crippen molar-refractivity contribution in [2.24, 2.45) is 0 Å². The van der Waals surface area contributed by atoms with Gasteiger partial charge in [0.05, 0.1) is 29.8 Å². The Morgan fingerprint density at radius 2 is 1.80 bits per heavy atom. The van der Waals surface area contributed by atoms with E-state index in [0.29, 0.717) is 18.0 Å². The number of rotatable bonds is 10. The molecule has 0 saturated heterocycles. The van der Waals surface area contributed by atoms with Crippen molar-refractivity contribution in [3.05, 3.63) is 66.7 Å². The van der Waals surface area contributed by atoms with E-state index in [1.807, 2.05) is 6.92 Å². The number of nitrogens with zero attached hydrogens (tertiary/aromatic N) is 1. The Bertz CT molecular complexity index is 1000. The highest BCUT2D eigenvalue weighted by atomic mass is 32.2. The van der Waals surface area contributed by atoms with Crippen molar-refractivity contribution < 1.29 is 22.7 Å². The molecular formula is C21H25N3O5S. The van der Waals surface area contributed by atoms with Gasteiger partial charge >= 0.3 is 0 Å². The molecule has 9 heteroatoms. The first-order chi connectivity index (χ1) is 14.3. The van der Waals surface area contributed by atoms with E-state index < -0.39 is 22.5 Å². The molecule has 0 aliphatic heterocycles. The number of amides is 2. The summed E-state index contributed by atoms with van der Waals surface area (Å²) in [5.74, 6) is -0.367. The maximum Gasteiger partial charge on any atom is 0.253 e. The van der Waals surface area contributed by atoms with Crippen LogP contribution in [0.5, 0.6) is 5.75 Å². The van der Waals surface area contributed by atoms with Crippen LogP contribution in [0.25, 0.3) is 0 Å². The molecule has 2 rings (SSSR count). The van der Waals surface area contributed by atoms with Gasteiger partial charge in [0.1, 0.15) is 12.3 Å². The van der Waals surface area contributed by atoms with Crippen LogP contribution in [0.15, 0.2) is 61.2 Å². The van der Waals surface area contributed by atoms with Gasteiger partial charge in [-0.05, 0) is 43.3 Å². The first-order valence-corrected chi connectivity index (χ1v) is 11.1. The number of anilines is 2. The van der Waals surface area contributed by atoms with Crippen molar-refractivity contribution >= 4 is 33.2 Å². The lowest BCUT2D eigenvalue weighted by Crippen LogP contribution is -2.37. The van der Waals surface area contributed by atoms with Crippen molar-refractivity contribution in [2.45, 2.75) is 6.92 Å². The number of para-hydroxylation sites is 1. The van der Waals surface area contributed by atoms with Crippen molar-refractivity contribution in [1.82, 2.24) is 5.32 Å². The van der Waals surface area contributed by atoms with Gasteiger partial charge in [-0.1, -0.05) is 18.2 Å². The maximum atomic E-state index is 12.6. The zero-order chi connectivity index (χ0) is 22.1. The molecule has 0 aliphatic carbocycles. The molecule has 0 aromatic heterocycles. The summed E-state index contributed by atoms with van der Waals surface area (Å²) < 4.78 is 30.9. The third-order valence-corrected chi connectivity index (χ3v) is 5.12. The molecule has 0 bridgehead atoms. The Labute approximate surface area is 176 Å². The van der Waals surface area contributed by atoms with Crippen molar-refractivity contribution in [1.29, 1.82) is 0 Å². The normalized spacial score (nSPS) is 10.7. The molecule has 0 aliphatic rings. The van der Waals surface area contributed by atoms with Crippen LogP contribution in [-0.4, -0.2) is 46.2 Å². The second kappa shape index (κ2) is 10.4. The predicted molar refractivity (Wildman–Crippen MR) is 117 cm³/mol. The second-order valence-electron chi connectivity index (χ2n) is 6.29. The highest BCUT2D eigenvalue weighted by Crippen LogP contribution is 2.22. The molecule has 2 aromatic rings. The van der Waals surface area contributed by atoms with Gasteiger partial charge in [0.2, 0.25) is 15.9 Å². The predicted octanol–water partition coefficient (Wildman–Crippen LogP) is 2.41. The topological polar surface area (TPSA) is 105 Å². The molecule has 30 heavy (non-hydrogen) atoms. The van der Waals surface area contributed by atoms with E-state index in [0.717, 1.165) is 10.6 Å². The van der Waals surface area contributed by atoms with E-state index in [1.165, 1.54) is 0 Å². The Balaban J connectivity index is 2.20. The van der Waals surface area contributed by atoms with E-state index in [1.54, 1.807) is 54.6 Å². The molecular weight excluding hydrogens is 406 g/mol. The molecule has 0 fully saturated rings. The quantitative estimate of drug-likeness (QED) is 0.562. The van der Waals surface area contributed by atoms with E-state index in [4.69, 9.17) is 4.74 Å². The minimum absolute atomic E-state index is 0.264. The van der Waals surface area contributed by atoms with Crippen LogP contribution in [0.4, 0.5) is 11.4 Å². The van der Waals surface area contributed by atoms with Crippen molar-refractivity contribution in [2.75, 3.05) is 35.6 Å². The van der Waals surface area contributed by atoms with Gasteiger partial charge in [0, 0.05) is 6.54 Å². The minimum atomic E-state index is -3.73. The van der Waals surface area contributed by atoms with Crippen LogP contribution in [0.3, 0.4) is 0 Å². The summed E-state index contributed by atoms with van der Waals surface area (Å²) in [4.78, 5) is 24.9. The van der Waals surface area contributed by atoms with Gasteiger partial charge in [-0.15, -0.1) is 6.58 Å². The number of hydrogen-bond donors (Lipinski definition) is 2. The van der Waals surface area contributed by atoms with E-state index in [-0.39, 0.29) is 23.7 Å². The van der Waals surface area contributed by atoms with Crippen molar-refractivity contribution in [3.63, 3.8) is 0 Å². The Kier molecular flexibility index (Phi) is 7.99. The molecule has 0 saturated carbocycles. The lowest BCUT2D eigenvalue weighted by molar-refractivity contribution is -0.114. The molecule has 0 spiro atoms. The fourth-order valence-corrected chi connectivity index (χ4v) is 3.50. The van der Waals surface area contributed by atoms with Gasteiger partial charge in [0.25, 0.3) is 5.91 Å². The maximum absolute atomic E-state index is 12.6. The monoisotopic (exact) mass is 431 g/mol. The van der Waals surface area contributed by atoms with Gasteiger partial charge in [-0.2, -0.15) is 0 Å². The fourth-order valence-electron chi connectivity index (χ4n) is 2.65. The summed E-state index contributed by atoms with van der Waals surface area (Å²) in [6.07, 6.45) is 2.56. The lowest BCUT2D eigenvalue weighted by Gasteiger charge is -2.22. The summed E-state index contributed by atoms with van der Waals surface area (Å²) in [5.41, 5.74) is 0.872. The number of nitrogens with one attached hydrogen (secondary N) is 2. The van der Waals surface area contributed by atoms with Crippen LogP contribution < -0.4 is 19.7 Å². The number of hydrogen-bond acceptors (Lipinski definition) is 5. The smallest absolute Gasteiger partial charge is 0.253 e. The third kappa shape index (κ3) is 6.35. The van der Waals surface area contributed by atoms with Crippen LogP contribution in [0, 0.1) is 0 Å². The molecule has 0 radical (unpaired) electrons. The summed E-state index contributed by atoms with van der Waals surface area (Å²) in [5, 5.41) is 5.26. The van der Waals surface area contributed by atoms with Crippen LogP contribution in [-0.2, 0) is 14.8 Å². The summed E-state index contributed by atoms with van der Waals surface area (Å²) in [6, 6.07) is 12.9. The average molecular weight is 432 g/mol. The largest absolute Gasteiger partial charge is 0.494 e. The molecule has 0 heterocycles. The highest BCUT2D eigenvalue weighted by molar-refractivity contribution is 7.92. The second-order valence-corrected chi connectivity index (χ2v) is 8.20. The molecule has 0 unspecified atom stereocenters. The molecule has 2 amide bonds. The highest BCUT2D eigenvalue weighted by Gasteiger charge is 2.22. The molecule has 8 nitrogen and oxygen atoms in total. The van der Waals surface area contributed by atoms with Gasteiger partial charge < -0.3 is 15.4 Å². The fraction of sp³-hybridized carbons (Fsp3) is 0.238. The number of ether oxygens (including phenoxy) is 1. The van der Waals surface area contributed by atoms with Crippen molar-refractivity contribution in [3.8, 4) is 5.75 Å². The number of sulfonamides is 1. The van der Waals surface area contributed by atoms with E-state index in [9.17, 15) is 18.0 Å². The summed E-state index contributed by atoms with van der Waals surface area (Å²) in [6.45, 7) is 5.70. The van der Waals surface area contributed by atoms with Crippen LogP contribution in [0.2, 0.25) is 0 Å². The first kappa shape index (κ1) is 23.0. The number of carbonyl (C=O) groups excluding carboxylic acids is 2. The zero-order valence-electron chi connectivity index (χ0n) is 16.9. The standard InChI is InChI=1S/C21H25N3O5S/c1-4-14-22-21(26)18-8-6-7-9-19(18)23-20(25)15-24(30(3,27)28)16-10-12-17(13-11-16)29-5-2/h4,6-13H,1,5,14-15H2,2-3H3,(H,22,26)(H,23,25). The third-order valence-electron chi connectivity index (χ3n) is 3.98. The molecule has 2 N–H and O–H groups in total. The van der Waals surface area contributed by atoms with Crippen LogP contribution >= 0.6 is 0 Å². The SMILES string of the molecule is C=CCNC(=O)c1ccccc1NC(=O)CN(c1ccc(OCC)cc1)S(C)(=O)=O. The van der Waals surface area contributed by atoms with Gasteiger partial charge in [0.15, 0.2) is 0 Å². The number of benzene rings is 2. The molecule has 0 atom stereocenters. The summed E-state index contributed by atoms with van der Waals surface area (Å²) in [7, 11) is -3.73. The Morgan fingerprint density at radius 3 is 2.40 bits per heavy atom. The summed E-state index contributed by atoms with van der Waals surface area (Å²) >= 11 is 0. The molecule has 160 valence electrons. The number of carbonyl (C=O) groups is 2.